The third kappa shape index (κ3) is 4.82. The number of anilines is 1. The lowest BCUT2D eigenvalue weighted by molar-refractivity contribution is 0.204. The second kappa shape index (κ2) is 8.72. The molecule has 0 bridgehead atoms. The van der Waals surface area contributed by atoms with E-state index in [9.17, 15) is 5.11 Å². The molecular formula is C17H19ClN2O2S. The van der Waals surface area contributed by atoms with E-state index in [1.807, 2.05) is 41.3 Å². The van der Waals surface area contributed by atoms with Gasteiger partial charge in [0.2, 0.25) is 0 Å². The summed E-state index contributed by atoms with van der Waals surface area (Å²) in [4.78, 5) is 1.86. The molecule has 2 N–H and O–H groups in total. The van der Waals surface area contributed by atoms with Gasteiger partial charge in [-0.25, -0.2) is 0 Å². The first-order valence-electron chi connectivity index (χ1n) is 7.19. The minimum Gasteiger partial charge on any atom is -0.508 e. The van der Waals surface area contributed by atoms with Crippen molar-refractivity contribution < 1.29 is 9.84 Å². The van der Waals surface area contributed by atoms with Gasteiger partial charge in [0.25, 0.3) is 0 Å². The molecule has 0 saturated carbocycles. The van der Waals surface area contributed by atoms with Gasteiger partial charge in [-0.3, -0.25) is 0 Å². The molecule has 0 spiro atoms. The summed E-state index contributed by atoms with van der Waals surface area (Å²) in [5, 5.41) is 14.3. The Morgan fingerprint density at radius 2 is 1.91 bits per heavy atom. The van der Waals surface area contributed by atoms with Crippen molar-refractivity contribution in [2.45, 2.75) is 6.54 Å². The molecule has 0 aromatic heterocycles. The molecule has 0 aliphatic carbocycles. The van der Waals surface area contributed by atoms with Crippen LogP contribution in [0.1, 0.15) is 5.56 Å². The SMILES string of the molecule is COCCNC(=S)N(Cc1ccccc1O)c1ccccc1Cl. The Hall–Kier alpha value is -1.82. The van der Waals surface area contributed by atoms with E-state index >= 15 is 0 Å². The number of phenols is 1. The lowest BCUT2D eigenvalue weighted by Crippen LogP contribution is -2.40. The minimum atomic E-state index is 0.226. The molecule has 0 aliphatic rings. The maximum absolute atomic E-state index is 10.0. The van der Waals surface area contributed by atoms with Gasteiger partial charge in [-0.05, 0) is 30.4 Å². The van der Waals surface area contributed by atoms with E-state index in [2.05, 4.69) is 5.32 Å². The number of thiocarbonyl (C=S) groups is 1. The zero-order valence-electron chi connectivity index (χ0n) is 12.8. The number of methoxy groups -OCH3 is 1. The summed E-state index contributed by atoms with van der Waals surface area (Å²) < 4.78 is 5.03. The van der Waals surface area contributed by atoms with Crippen molar-refractivity contribution in [2.75, 3.05) is 25.2 Å². The molecule has 2 aromatic carbocycles. The number of halogens is 1. The Bertz CT molecular complexity index is 667. The smallest absolute Gasteiger partial charge is 0.173 e. The monoisotopic (exact) mass is 350 g/mol. The van der Waals surface area contributed by atoms with Gasteiger partial charge in [0.05, 0.1) is 23.9 Å². The third-order valence-electron chi connectivity index (χ3n) is 3.29. The van der Waals surface area contributed by atoms with Crippen molar-refractivity contribution in [3.8, 4) is 5.75 Å². The summed E-state index contributed by atoms with van der Waals surface area (Å²) in [6, 6.07) is 14.6. The fourth-order valence-corrected chi connectivity index (χ4v) is 2.61. The Morgan fingerprint density at radius 1 is 1.22 bits per heavy atom. The Morgan fingerprint density at radius 3 is 2.61 bits per heavy atom. The molecule has 2 aromatic rings. The molecule has 0 heterocycles. The largest absolute Gasteiger partial charge is 0.508 e. The predicted octanol–water partition coefficient (Wildman–Crippen LogP) is 3.57. The average Bonchev–Trinajstić information content (AvgIpc) is 2.55. The number of para-hydroxylation sites is 2. The van der Waals surface area contributed by atoms with Gasteiger partial charge in [-0.1, -0.05) is 41.9 Å². The van der Waals surface area contributed by atoms with Gasteiger partial charge < -0.3 is 20.1 Å². The average molecular weight is 351 g/mol. The minimum absolute atomic E-state index is 0.226. The van der Waals surface area contributed by atoms with Crippen LogP contribution in [0.15, 0.2) is 48.5 Å². The van der Waals surface area contributed by atoms with Crippen molar-refractivity contribution in [3.63, 3.8) is 0 Å². The topological polar surface area (TPSA) is 44.7 Å². The van der Waals surface area contributed by atoms with Crippen LogP contribution in [0.5, 0.6) is 5.75 Å². The lowest BCUT2D eigenvalue weighted by Gasteiger charge is -2.27. The zero-order chi connectivity index (χ0) is 16.7. The van der Waals surface area contributed by atoms with Crippen molar-refractivity contribution >= 4 is 34.6 Å². The highest BCUT2D eigenvalue weighted by atomic mass is 35.5. The molecule has 0 aliphatic heterocycles. The summed E-state index contributed by atoms with van der Waals surface area (Å²) in [6.07, 6.45) is 0. The number of benzene rings is 2. The maximum Gasteiger partial charge on any atom is 0.173 e. The van der Waals surface area contributed by atoms with Crippen molar-refractivity contribution in [2.24, 2.45) is 0 Å². The Kier molecular flexibility index (Phi) is 6.65. The van der Waals surface area contributed by atoms with Crippen LogP contribution in [0, 0.1) is 0 Å². The number of nitrogens with zero attached hydrogens (tertiary/aromatic N) is 1. The van der Waals surface area contributed by atoms with Crippen molar-refractivity contribution in [1.29, 1.82) is 0 Å². The molecule has 4 nitrogen and oxygen atoms in total. The number of ether oxygens (including phenoxy) is 1. The summed E-state index contributed by atoms with van der Waals surface area (Å²) in [7, 11) is 1.64. The molecule has 2 rings (SSSR count). The summed E-state index contributed by atoms with van der Waals surface area (Å²) in [5.41, 5.74) is 1.55. The van der Waals surface area contributed by atoms with Crippen LogP contribution in [-0.2, 0) is 11.3 Å². The van der Waals surface area contributed by atoms with Crippen LogP contribution in [-0.4, -0.2) is 30.5 Å². The molecule has 23 heavy (non-hydrogen) atoms. The van der Waals surface area contributed by atoms with E-state index in [4.69, 9.17) is 28.6 Å². The van der Waals surface area contributed by atoms with Gasteiger partial charge in [0.1, 0.15) is 5.75 Å². The Balaban J connectivity index is 2.26. The molecule has 6 heteroatoms. The first-order chi connectivity index (χ1) is 11.1. The normalized spacial score (nSPS) is 10.3. The predicted molar refractivity (Wildman–Crippen MR) is 98.2 cm³/mol. The fourth-order valence-electron chi connectivity index (χ4n) is 2.11. The van der Waals surface area contributed by atoms with Crippen molar-refractivity contribution in [1.82, 2.24) is 5.32 Å². The highest BCUT2D eigenvalue weighted by Crippen LogP contribution is 2.28. The zero-order valence-corrected chi connectivity index (χ0v) is 14.4. The quantitative estimate of drug-likeness (QED) is 0.616. The van der Waals surface area contributed by atoms with Gasteiger partial charge in [0, 0.05) is 19.2 Å². The highest BCUT2D eigenvalue weighted by molar-refractivity contribution is 7.80. The first kappa shape index (κ1) is 17.5. The summed E-state index contributed by atoms with van der Waals surface area (Å²) >= 11 is 11.8. The van der Waals surface area contributed by atoms with Gasteiger partial charge in [-0.2, -0.15) is 0 Å². The molecule has 0 atom stereocenters. The standard InChI is InChI=1S/C17H19ClN2O2S/c1-22-11-10-19-17(23)20(15-8-4-3-7-14(15)18)12-13-6-2-5-9-16(13)21/h2-9,21H,10-12H2,1H3,(H,19,23). The number of phenolic OH excluding ortho intramolecular Hbond substituents is 1. The Labute approximate surface area is 146 Å². The molecule has 0 saturated heterocycles. The number of hydrogen-bond acceptors (Lipinski definition) is 3. The van der Waals surface area contributed by atoms with Gasteiger partial charge in [-0.15, -0.1) is 0 Å². The number of nitrogens with one attached hydrogen (secondary N) is 1. The summed E-state index contributed by atoms with van der Waals surface area (Å²) in [6.45, 7) is 1.55. The number of rotatable bonds is 6. The van der Waals surface area contributed by atoms with Gasteiger partial charge in [0.15, 0.2) is 5.11 Å². The van der Waals surface area contributed by atoms with E-state index in [1.54, 1.807) is 19.2 Å². The molecular weight excluding hydrogens is 332 g/mol. The van der Waals surface area contributed by atoms with Crippen LogP contribution in [0.4, 0.5) is 5.69 Å². The second-order valence-electron chi connectivity index (χ2n) is 4.89. The molecule has 0 fully saturated rings. The number of aromatic hydroxyl groups is 1. The second-order valence-corrected chi connectivity index (χ2v) is 5.68. The third-order valence-corrected chi connectivity index (χ3v) is 3.98. The van der Waals surface area contributed by atoms with Crippen LogP contribution in [0.2, 0.25) is 5.02 Å². The first-order valence-corrected chi connectivity index (χ1v) is 7.98. The fraction of sp³-hybridized carbons (Fsp3) is 0.235. The van der Waals surface area contributed by atoms with Crippen LogP contribution in [0.3, 0.4) is 0 Å². The van der Waals surface area contributed by atoms with Crippen LogP contribution >= 0.6 is 23.8 Å². The lowest BCUT2D eigenvalue weighted by atomic mass is 10.2. The van der Waals surface area contributed by atoms with Crippen LogP contribution < -0.4 is 10.2 Å². The number of hydrogen-bond donors (Lipinski definition) is 2. The van der Waals surface area contributed by atoms with E-state index in [0.29, 0.717) is 29.8 Å². The molecule has 0 unspecified atom stereocenters. The van der Waals surface area contributed by atoms with E-state index < -0.39 is 0 Å². The maximum atomic E-state index is 10.0. The molecule has 0 amide bonds. The summed E-state index contributed by atoms with van der Waals surface area (Å²) in [5.74, 6) is 0.226. The van der Waals surface area contributed by atoms with Crippen LogP contribution in [0.25, 0.3) is 0 Å². The van der Waals surface area contributed by atoms with E-state index in [0.717, 1.165) is 11.3 Å². The van der Waals surface area contributed by atoms with Gasteiger partial charge >= 0.3 is 0 Å². The molecule has 0 radical (unpaired) electrons. The van der Waals surface area contributed by atoms with Crippen molar-refractivity contribution in [3.05, 3.63) is 59.1 Å². The van der Waals surface area contributed by atoms with E-state index in [1.165, 1.54) is 0 Å². The molecule has 122 valence electrons. The van der Waals surface area contributed by atoms with E-state index in [-0.39, 0.29) is 5.75 Å². The highest BCUT2D eigenvalue weighted by Gasteiger charge is 2.16.